The first-order valence-electron chi connectivity index (χ1n) is 6.95. The highest BCUT2D eigenvalue weighted by atomic mass is 15.1. The highest BCUT2D eigenvalue weighted by Crippen LogP contribution is 2.20. The summed E-state index contributed by atoms with van der Waals surface area (Å²) in [7, 11) is 1.80. The van der Waals surface area contributed by atoms with E-state index in [-0.39, 0.29) is 0 Å². The van der Waals surface area contributed by atoms with Crippen molar-refractivity contribution in [1.82, 2.24) is 19.9 Å². The largest absolute Gasteiger partial charge is 0.366 e. The Morgan fingerprint density at radius 1 is 1.00 bits per heavy atom. The number of nitrogens with zero attached hydrogens (tertiary/aromatic N) is 4. The molecule has 6 nitrogen and oxygen atoms in total. The van der Waals surface area contributed by atoms with Crippen molar-refractivity contribution in [3.63, 3.8) is 0 Å². The molecule has 0 fully saturated rings. The van der Waals surface area contributed by atoms with Crippen LogP contribution in [0.3, 0.4) is 0 Å². The smallest absolute Gasteiger partial charge is 0.224 e. The second kappa shape index (κ2) is 6.62. The van der Waals surface area contributed by atoms with Crippen LogP contribution in [0.1, 0.15) is 5.56 Å². The van der Waals surface area contributed by atoms with Gasteiger partial charge in [0.15, 0.2) is 0 Å². The lowest BCUT2D eigenvalue weighted by molar-refractivity contribution is 1.07. The summed E-state index contributed by atoms with van der Waals surface area (Å²) in [6.07, 6.45) is 7.09. The molecule has 0 aromatic carbocycles. The van der Waals surface area contributed by atoms with E-state index in [1.807, 2.05) is 36.5 Å². The molecule has 3 rings (SSSR count). The summed E-state index contributed by atoms with van der Waals surface area (Å²) < 4.78 is 0. The first kappa shape index (κ1) is 13.9. The molecule has 0 saturated carbocycles. The molecule has 3 aromatic rings. The van der Waals surface area contributed by atoms with Crippen molar-refractivity contribution in [3.8, 4) is 11.3 Å². The van der Waals surface area contributed by atoms with Gasteiger partial charge in [0.1, 0.15) is 5.82 Å². The van der Waals surface area contributed by atoms with Crippen LogP contribution in [0.4, 0.5) is 11.8 Å². The predicted molar refractivity (Wildman–Crippen MR) is 86.4 cm³/mol. The Kier molecular flexibility index (Phi) is 4.20. The Bertz CT molecular complexity index is 730. The molecule has 22 heavy (non-hydrogen) atoms. The molecule has 0 aliphatic heterocycles. The fraction of sp³-hybridized carbons (Fsp3) is 0.125. The number of rotatable bonds is 5. The maximum absolute atomic E-state index is 4.47. The first-order valence-corrected chi connectivity index (χ1v) is 6.95. The minimum absolute atomic E-state index is 0.572. The minimum Gasteiger partial charge on any atom is -0.366 e. The topological polar surface area (TPSA) is 75.6 Å². The summed E-state index contributed by atoms with van der Waals surface area (Å²) in [4.78, 5) is 17.0. The van der Waals surface area contributed by atoms with Crippen LogP contribution in [0.5, 0.6) is 0 Å². The quantitative estimate of drug-likeness (QED) is 0.753. The van der Waals surface area contributed by atoms with E-state index in [4.69, 9.17) is 0 Å². The average Bonchev–Trinajstić information content (AvgIpc) is 2.61. The molecule has 6 heteroatoms. The summed E-state index contributed by atoms with van der Waals surface area (Å²) in [5.74, 6) is 1.33. The van der Waals surface area contributed by atoms with Gasteiger partial charge in [-0.2, -0.15) is 4.98 Å². The van der Waals surface area contributed by atoms with Crippen LogP contribution in [0, 0.1) is 0 Å². The third-order valence-corrected chi connectivity index (χ3v) is 3.12. The monoisotopic (exact) mass is 292 g/mol. The Morgan fingerprint density at radius 2 is 1.86 bits per heavy atom. The third-order valence-electron chi connectivity index (χ3n) is 3.12. The minimum atomic E-state index is 0.572. The van der Waals surface area contributed by atoms with Gasteiger partial charge in [-0.25, -0.2) is 4.98 Å². The van der Waals surface area contributed by atoms with Gasteiger partial charge >= 0.3 is 0 Å². The fourth-order valence-electron chi connectivity index (χ4n) is 2.02. The molecule has 110 valence electrons. The van der Waals surface area contributed by atoms with E-state index in [1.54, 1.807) is 25.6 Å². The van der Waals surface area contributed by atoms with Gasteiger partial charge in [0.25, 0.3) is 0 Å². The number of anilines is 2. The van der Waals surface area contributed by atoms with E-state index in [0.717, 1.165) is 22.6 Å². The number of pyridine rings is 2. The van der Waals surface area contributed by atoms with Gasteiger partial charge in [-0.15, -0.1) is 0 Å². The van der Waals surface area contributed by atoms with Crippen molar-refractivity contribution in [2.24, 2.45) is 0 Å². The lowest BCUT2D eigenvalue weighted by Gasteiger charge is -2.10. The molecule has 2 N–H and O–H groups in total. The lowest BCUT2D eigenvalue weighted by Crippen LogP contribution is -2.05. The lowest BCUT2D eigenvalue weighted by atomic mass is 10.2. The zero-order valence-corrected chi connectivity index (χ0v) is 12.2. The van der Waals surface area contributed by atoms with E-state index >= 15 is 0 Å². The van der Waals surface area contributed by atoms with Gasteiger partial charge in [0.2, 0.25) is 5.95 Å². The number of hydrogen-bond donors (Lipinski definition) is 2. The van der Waals surface area contributed by atoms with Gasteiger partial charge in [-0.05, 0) is 23.8 Å². The summed E-state index contributed by atoms with van der Waals surface area (Å²) in [6.45, 7) is 0.657. The van der Waals surface area contributed by atoms with Gasteiger partial charge in [-0.1, -0.05) is 6.07 Å². The average molecular weight is 292 g/mol. The van der Waals surface area contributed by atoms with Crippen LogP contribution in [0.25, 0.3) is 11.3 Å². The molecule has 0 spiro atoms. The SMILES string of the molecule is CNc1nc(NCc2cccnc2)cc(-c2ccncc2)n1. The van der Waals surface area contributed by atoms with Crippen LogP contribution >= 0.6 is 0 Å². The molecule has 3 aromatic heterocycles. The van der Waals surface area contributed by atoms with Crippen molar-refractivity contribution in [1.29, 1.82) is 0 Å². The molecule has 0 bridgehead atoms. The Labute approximate surface area is 128 Å². The molecule has 0 unspecified atom stereocenters. The predicted octanol–water partition coefficient (Wildman–Crippen LogP) is 2.59. The second-order valence-electron chi connectivity index (χ2n) is 4.66. The Morgan fingerprint density at radius 3 is 2.59 bits per heavy atom. The third kappa shape index (κ3) is 3.35. The van der Waals surface area contributed by atoms with Gasteiger partial charge < -0.3 is 10.6 Å². The number of hydrogen-bond acceptors (Lipinski definition) is 6. The molecule has 0 aliphatic carbocycles. The molecule has 0 atom stereocenters. The van der Waals surface area contributed by atoms with Crippen LogP contribution in [-0.4, -0.2) is 27.0 Å². The first-order chi connectivity index (χ1) is 10.8. The summed E-state index contributed by atoms with van der Waals surface area (Å²) in [5.41, 5.74) is 2.94. The Balaban J connectivity index is 1.85. The highest BCUT2D eigenvalue weighted by Gasteiger charge is 2.06. The fourth-order valence-corrected chi connectivity index (χ4v) is 2.02. The van der Waals surface area contributed by atoms with Crippen LogP contribution in [0.2, 0.25) is 0 Å². The van der Waals surface area contributed by atoms with E-state index in [0.29, 0.717) is 12.5 Å². The van der Waals surface area contributed by atoms with Crippen molar-refractivity contribution in [3.05, 3.63) is 60.7 Å². The number of nitrogens with one attached hydrogen (secondary N) is 2. The van der Waals surface area contributed by atoms with E-state index in [9.17, 15) is 0 Å². The van der Waals surface area contributed by atoms with Gasteiger partial charge in [0, 0.05) is 50.0 Å². The van der Waals surface area contributed by atoms with E-state index in [2.05, 4.69) is 30.6 Å². The van der Waals surface area contributed by atoms with Crippen molar-refractivity contribution in [2.45, 2.75) is 6.54 Å². The van der Waals surface area contributed by atoms with Crippen LogP contribution in [0.15, 0.2) is 55.1 Å². The normalized spacial score (nSPS) is 10.2. The van der Waals surface area contributed by atoms with Crippen molar-refractivity contribution >= 4 is 11.8 Å². The molecule has 3 heterocycles. The zero-order chi connectivity index (χ0) is 15.2. The van der Waals surface area contributed by atoms with E-state index in [1.165, 1.54) is 0 Å². The molecule has 0 radical (unpaired) electrons. The van der Waals surface area contributed by atoms with Crippen molar-refractivity contribution < 1.29 is 0 Å². The van der Waals surface area contributed by atoms with Gasteiger partial charge in [-0.3, -0.25) is 9.97 Å². The summed E-state index contributed by atoms with van der Waals surface area (Å²) >= 11 is 0. The van der Waals surface area contributed by atoms with E-state index < -0.39 is 0 Å². The molecule has 0 amide bonds. The standard InChI is InChI=1S/C16H16N6/c1-17-16-21-14(13-4-7-18-8-5-13)9-15(22-16)20-11-12-3-2-6-19-10-12/h2-10H,11H2,1H3,(H2,17,20,21,22). The maximum atomic E-state index is 4.47. The zero-order valence-electron chi connectivity index (χ0n) is 12.2. The maximum Gasteiger partial charge on any atom is 0.224 e. The summed E-state index contributed by atoms with van der Waals surface area (Å²) in [6, 6.07) is 9.70. The van der Waals surface area contributed by atoms with Crippen molar-refractivity contribution in [2.75, 3.05) is 17.7 Å². The molecular formula is C16H16N6. The number of aromatic nitrogens is 4. The molecule has 0 saturated heterocycles. The van der Waals surface area contributed by atoms with Gasteiger partial charge in [0.05, 0.1) is 5.69 Å². The highest BCUT2D eigenvalue weighted by molar-refractivity contribution is 5.63. The summed E-state index contributed by atoms with van der Waals surface area (Å²) in [5, 5.41) is 6.28. The molecular weight excluding hydrogens is 276 g/mol. The Hall–Kier alpha value is -3.02. The van der Waals surface area contributed by atoms with Crippen LogP contribution in [-0.2, 0) is 6.54 Å². The van der Waals surface area contributed by atoms with Crippen LogP contribution < -0.4 is 10.6 Å². The molecule has 0 aliphatic rings. The second-order valence-corrected chi connectivity index (χ2v) is 4.66.